The number of thiazole rings is 1. The minimum Gasteiger partial charge on any atom is -0.466 e. The fourth-order valence-electron chi connectivity index (χ4n) is 0.869. The van der Waals surface area contributed by atoms with Crippen molar-refractivity contribution >= 4 is 29.4 Å². The number of ether oxygens (including phenoxy) is 2. The molecule has 1 heterocycles. The molecule has 1 aromatic rings. The number of nitrogens with zero attached hydrogens (tertiary/aromatic N) is 1. The lowest BCUT2D eigenvalue weighted by Gasteiger charge is -1.95. The highest BCUT2D eigenvalue weighted by atomic mass is 32.1. The third-order valence-corrected chi connectivity index (χ3v) is 2.51. The van der Waals surface area contributed by atoms with Gasteiger partial charge in [-0.1, -0.05) is 0 Å². The van der Waals surface area contributed by atoms with Crippen molar-refractivity contribution in [3.05, 3.63) is 22.2 Å². The predicted octanol–water partition coefficient (Wildman–Crippen LogP) is 1.51. The van der Waals surface area contributed by atoms with E-state index in [9.17, 15) is 9.59 Å². The third-order valence-electron chi connectivity index (χ3n) is 1.56. The molecule has 86 valence electrons. The Kier molecular flexibility index (Phi) is 4.65. The quantitative estimate of drug-likeness (QED) is 0.590. The fraction of sp³-hybridized carbons (Fsp3) is 0.300. The summed E-state index contributed by atoms with van der Waals surface area (Å²) in [6, 6.07) is 0. The van der Waals surface area contributed by atoms with E-state index in [4.69, 9.17) is 4.74 Å². The first-order chi connectivity index (χ1) is 7.67. The maximum Gasteiger partial charge on any atom is 0.349 e. The van der Waals surface area contributed by atoms with Gasteiger partial charge in [0.25, 0.3) is 0 Å². The number of hydrogen-bond acceptors (Lipinski definition) is 6. The predicted molar refractivity (Wildman–Crippen MR) is 59.1 cm³/mol. The first-order valence-corrected chi connectivity index (χ1v) is 5.38. The molecule has 0 bridgehead atoms. The molecular formula is C10H11NO4S. The number of rotatable bonds is 4. The third kappa shape index (κ3) is 3.47. The van der Waals surface area contributed by atoms with Gasteiger partial charge in [0.1, 0.15) is 9.88 Å². The molecule has 0 unspecified atom stereocenters. The van der Waals surface area contributed by atoms with Crippen LogP contribution in [0.3, 0.4) is 0 Å². The van der Waals surface area contributed by atoms with E-state index in [0.29, 0.717) is 16.5 Å². The number of aromatic nitrogens is 1. The van der Waals surface area contributed by atoms with E-state index in [1.165, 1.54) is 25.5 Å². The Bertz CT molecular complexity index is 411. The molecule has 0 amide bonds. The van der Waals surface area contributed by atoms with Crippen LogP contribution in [0.25, 0.3) is 6.08 Å². The summed E-state index contributed by atoms with van der Waals surface area (Å²) in [5.41, 5.74) is 0. The molecule has 0 spiro atoms. The lowest BCUT2D eigenvalue weighted by Crippen LogP contribution is -2.01. The van der Waals surface area contributed by atoms with E-state index >= 15 is 0 Å². The van der Waals surface area contributed by atoms with E-state index in [1.54, 1.807) is 6.92 Å². The fourth-order valence-corrected chi connectivity index (χ4v) is 1.58. The van der Waals surface area contributed by atoms with Gasteiger partial charge in [0.15, 0.2) is 0 Å². The number of carbonyl (C=O) groups excluding carboxylic acids is 2. The number of hydrogen-bond donors (Lipinski definition) is 0. The van der Waals surface area contributed by atoms with E-state index in [1.807, 2.05) is 0 Å². The molecule has 0 aliphatic rings. The van der Waals surface area contributed by atoms with Crippen LogP contribution in [-0.4, -0.2) is 30.6 Å². The summed E-state index contributed by atoms with van der Waals surface area (Å²) >= 11 is 1.15. The summed E-state index contributed by atoms with van der Waals surface area (Å²) in [5.74, 6) is -0.870. The van der Waals surface area contributed by atoms with Crippen molar-refractivity contribution in [1.82, 2.24) is 4.98 Å². The maximum absolute atomic E-state index is 11.3. The molecular weight excluding hydrogens is 230 g/mol. The highest BCUT2D eigenvalue weighted by Gasteiger charge is 2.09. The van der Waals surface area contributed by atoms with Gasteiger partial charge in [-0.2, -0.15) is 0 Å². The Balaban J connectivity index is 2.68. The van der Waals surface area contributed by atoms with Crippen molar-refractivity contribution in [3.63, 3.8) is 0 Å². The van der Waals surface area contributed by atoms with Crippen molar-refractivity contribution in [3.8, 4) is 0 Å². The maximum atomic E-state index is 11.3. The molecule has 0 atom stereocenters. The number of methoxy groups -OCH3 is 1. The Hall–Kier alpha value is -1.69. The summed E-state index contributed by atoms with van der Waals surface area (Å²) in [6.07, 6.45) is 4.15. The van der Waals surface area contributed by atoms with Gasteiger partial charge in [0.2, 0.25) is 0 Å². The van der Waals surface area contributed by atoms with E-state index in [0.717, 1.165) is 11.3 Å². The van der Waals surface area contributed by atoms with Crippen LogP contribution in [0.4, 0.5) is 0 Å². The van der Waals surface area contributed by atoms with Gasteiger partial charge in [0, 0.05) is 6.08 Å². The Morgan fingerprint density at radius 3 is 2.94 bits per heavy atom. The minimum atomic E-state index is -0.465. The molecule has 0 aliphatic carbocycles. The zero-order valence-corrected chi connectivity index (χ0v) is 9.74. The molecule has 0 saturated carbocycles. The Morgan fingerprint density at radius 1 is 1.56 bits per heavy atom. The van der Waals surface area contributed by atoms with Crippen molar-refractivity contribution in [2.75, 3.05) is 13.7 Å². The lowest BCUT2D eigenvalue weighted by molar-refractivity contribution is -0.134. The van der Waals surface area contributed by atoms with Crippen molar-refractivity contribution < 1.29 is 19.1 Å². The van der Waals surface area contributed by atoms with Crippen molar-refractivity contribution in [2.24, 2.45) is 0 Å². The van der Waals surface area contributed by atoms with Gasteiger partial charge in [0.05, 0.1) is 19.9 Å². The number of esters is 2. The first kappa shape index (κ1) is 12.4. The van der Waals surface area contributed by atoms with Gasteiger partial charge >= 0.3 is 11.9 Å². The SMILES string of the molecule is CCOC(=O)c1cnc(C=CC(=O)OC)s1. The van der Waals surface area contributed by atoms with Crippen LogP contribution in [0, 0.1) is 0 Å². The Morgan fingerprint density at radius 2 is 2.31 bits per heavy atom. The van der Waals surface area contributed by atoms with Crippen LogP contribution in [0.2, 0.25) is 0 Å². The molecule has 0 saturated heterocycles. The number of carbonyl (C=O) groups is 2. The topological polar surface area (TPSA) is 65.5 Å². The summed E-state index contributed by atoms with van der Waals surface area (Å²) in [5, 5.41) is 0.549. The van der Waals surface area contributed by atoms with E-state index in [-0.39, 0.29) is 0 Å². The smallest absolute Gasteiger partial charge is 0.349 e. The molecule has 0 aromatic carbocycles. The molecule has 0 aliphatic heterocycles. The lowest BCUT2D eigenvalue weighted by atomic mass is 10.5. The van der Waals surface area contributed by atoms with Crippen molar-refractivity contribution in [2.45, 2.75) is 6.92 Å². The molecule has 0 N–H and O–H groups in total. The molecule has 0 radical (unpaired) electrons. The second-order valence-corrected chi connectivity index (χ2v) is 3.70. The van der Waals surface area contributed by atoms with Gasteiger partial charge in [-0.15, -0.1) is 11.3 Å². The monoisotopic (exact) mass is 241 g/mol. The zero-order chi connectivity index (χ0) is 12.0. The van der Waals surface area contributed by atoms with Crippen LogP contribution in [-0.2, 0) is 14.3 Å². The van der Waals surface area contributed by atoms with Crippen LogP contribution in [0.5, 0.6) is 0 Å². The molecule has 16 heavy (non-hydrogen) atoms. The molecule has 1 aromatic heterocycles. The average molecular weight is 241 g/mol. The Labute approximate surface area is 96.7 Å². The average Bonchev–Trinajstić information content (AvgIpc) is 2.75. The van der Waals surface area contributed by atoms with Crippen LogP contribution in [0.1, 0.15) is 21.6 Å². The molecule has 6 heteroatoms. The van der Waals surface area contributed by atoms with Gasteiger partial charge in [-0.25, -0.2) is 14.6 Å². The van der Waals surface area contributed by atoms with Crippen LogP contribution < -0.4 is 0 Å². The first-order valence-electron chi connectivity index (χ1n) is 4.56. The summed E-state index contributed by atoms with van der Waals surface area (Å²) in [4.78, 5) is 26.4. The van der Waals surface area contributed by atoms with Crippen LogP contribution in [0.15, 0.2) is 12.3 Å². The summed E-state index contributed by atoms with van der Waals surface area (Å²) in [7, 11) is 1.29. The van der Waals surface area contributed by atoms with E-state index in [2.05, 4.69) is 9.72 Å². The second-order valence-electron chi connectivity index (χ2n) is 2.64. The molecule has 5 nitrogen and oxygen atoms in total. The summed E-state index contributed by atoms with van der Waals surface area (Å²) < 4.78 is 9.23. The van der Waals surface area contributed by atoms with Crippen molar-refractivity contribution in [1.29, 1.82) is 0 Å². The molecule has 1 rings (SSSR count). The standard InChI is InChI=1S/C10H11NO4S/c1-3-15-10(13)7-6-11-8(16-7)4-5-9(12)14-2/h4-6H,3H2,1-2H3. The second kappa shape index (κ2) is 6.02. The minimum absolute atomic E-state index is 0.323. The zero-order valence-electron chi connectivity index (χ0n) is 8.93. The van der Waals surface area contributed by atoms with E-state index < -0.39 is 11.9 Å². The largest absolute Gasteiger partial charge is 0.466 e. The highest BCUT2D eigenvalue weighted by Crippen LogP contribution is 2.15. The van der Waals surface area contributed by atoms with Gasteiger partial charge in [-0.3, -0.25) is 0 Å². The van der Waals surface area contributed by atoms with Gasteiger partial charge < -0.3 is 9.47 Å². The molecule has 0 fully saturated rings. The summed E-state index contributed by atoms with van der Waals surface area (Å²) in [6.45, 7) is 2.06. The normalized spacial score (nSPS) is 10.4. The van der Waals surface area contributed by atoms with Crippen LogP contribution >= 0.6 is 11.3 Å². The van der Waals surface area contributed by atoms with Gasteiger partial charge in [-0.05, 0) is 13.0 Å². The highest BCUT2D eigenvalue weighted by molar-refractivity contribution is 7.14.